The van der Waals surface area contributed by atoms with E-state index in [9.17, 15) is 4.79 Å². The second kappa shape index (κ2) is 5.72. The number of carbonyl (C=O) groups is 1. The maximum Gasteiger partial charge on any atom is 0.422 e. The molecule has 0 N–H and O–H groups in total. The smallest absolute Gasteiger partial charge is 0.422 e. The van der Waals surface area contributed by atoms with Crippen molar-refractivity contribution in [3.8, 4) is 12.0 Å². The maximum absolute atomic E-state index is 12.0. The van der Waals surface area contributed by atoms with Gasteiger partial charge in [0.05, 0.1) is 6.04 Å². The van der Waals surface area contributed by atoms with Gasteiger partial charge in [0, 0.05) is 11.6 Å². The zero-order valence-electron chi connectivity index (χ0n) is 11.7. The summed E-state index contributed by atoms with van der Waals surface area (Å²) in [6.45, 7) is 1.95. The van der Waals surface area contributed by atoms with Crippen LogP contribution in [0.1, 0.15) is 24.2 Å². The second-order valence-corrected chi connectivity index (χ2v) is 4.93. The Morgan fingerprint density at radius 3 is 2.29 bits per heavy atom. The van der Waals surface area contributed by atoms with E-state index in [4.69, 9.17) is 4.74 Å². The number of hydrogen-bond donors (Lipinski definition) is 0. The van der Waals surface area contributed by atoms with Crippen LogP contribution in [-0.2, 0) is 4.74 Å². The molecule has 3 rings (SSSR count). The van der Waals surface area contributed by atoms with Gasteiger partial charge in [0.2, 0.25) is 0 Å². The van der Waals surface area contributed by atoms with E-state index < -0.39 is 0 Å². The summed E-state index contributed by atoms with van der Waals surface area (Å²) in [7, 11) is 0. The van der Waals surface area contributed by atoms with Gasteiger partial charge >= 0.3 is 6.09 Å². The van der Waals surface area contributed by atoms with Crippen molar-refractivity contribution in [1.29, 1.82) is 0 Å². The molecule has 21 heavy (non-hydrogen) atoms. The second-order valence-electron chi connectivity index (χ2n) is 4.93. The van der Waals surface area contributed by atoms with Crippen molar-refractivity contribution >= 4 is 6.09 Å². The van der Waals surface area contributed by atoms with Crippen LogP contribution in [0.4, 0.5) is 4.79 Å². The van der Waals surface area contributed by atoms with Crippen LogP contribution in [0.3, 0.4) is 0 Å². The fraction of sp³-hybridized carbons (Fsp3) is 0.167. The van der Waals surface area contributed by atoms with Crippen molar-refractivity contribution in [2.24, 2.45) is 0 Å². The molecule has 1 saturated heterocycles. The first-order chi connectivity index (χ1) is 10.3. The van der Waals surface area contributed by atoms with Crippen LogP contribution in [0.2, 0.25) is 0 Å². The lowest BCUT2D eigenvalue weighted by Crippen LogP contribution is -2.27. The van der Waals surface area contributed by atoms with Gasteiger partial charge in [-0.2, -0.15) is 0 Å². The quantitative estimate of drug-likeness (QED) is 0.746. The number of amides is 1. The summed E-state index contributed by atoms with van der Waals surface area (Å²) in [4.78, 5) is 13.5. The minimum atomic E-state index is -0.389. The molecule has 2 atom stereocenters. The molecule has 0 saturated carbocycles. The van der Waals surface area contributed by atoms with Crippen LogP contribution in [0.5, 0.6) is 0 Å². The Labute approximate surface area is 124 Å². The van der Waals surface area contributed by atoms with Crippen molar-refractivity contribution in [2.75, 3.05) is 0 Å². The zero-order chi connectivity index (χ0) is 14.7. The topological polar surface area (TPSA) is 29.5 Å². The van der Waals surface area contributed by atoms with Crippen LogP contribution in [0.25, 0.3) is 0 Å². The van der Waals surface area contributed by atoms with Gasteiger partial charge in [-0.05, 0) is 30.5 Å². The van der Waals surface area contributed by atoms with Crippen LogP contribution in [0, 0.1) is 12.0 Å². The van der Waals surface area contributed by atoms with E-state index in [0.717, 1.165) is 11.1 Å². The van der Waals surface area contributed by atoms with Gasteiger partial charge in [0.1, 0.15) is 0 Å². The van der Waals surface area contributed by atoms with Gasteiger partial charge in [-0.25, -0.2) is 9.69 Å². The average Bonchev–Trinajstić information content (AvgIpc) is 2.82. The molecule has 3 heteroatoms. The molecule has 3 nitrogen and oxygen atoms in total. The SMILES string of the molecule is C[C@@H]1[C@H](c2ccccc2)OC(=O)N1C#Cc1ccccc1. The maximum atomic E-state index is 12.0. The summed E-state index contributed by atoms with van der Waals surface area (Å²) in [6, 6.07) is 22.1. The van der Waals surface area contributed by atoms with Gasteiger partial charge in [-0.15, -0.1) is 0 Å². The summed E-state index contributed by atoms with van der Waals surface area (Å²) >= 11 is 0. The van der Waals surface area contributed by atoms with Crippen molar-refractivity contribution in [3.63, 3.8) is 0 Å². The Balaban J connectivity index is 1.82. The number of cyclic esters (lactones) is 1. The standard InChI is InChI=1S/C18H15NO2/c1-14-17(16-10-6-3-7-11-16)21-18(20)19(14)13-12-15-8-4-2-5-9-15/h2-11,14,17H,1H3/t14-,17-/m1/s1. The Morgan fingerprint density at radius 1 is 1.00 bits per heavy atom. The minimum Gasteiger partial charge on any atom is -0.438 e. The van der Waals surface area contributed by atoms with E-state index in [2.05, 4.69) is 12.0 Å². The Kier molecular flexibility index (Phi) is 3.61. The number of benzene rings is 2. The van der Waals surface area contributed by atoms with E-state index in [-0.39, 0.29) is 18.2 Å². The molecule has 1 heterocycles. The van der Waals surface area contributed by atoms with Crippen LogP contribution in [0.15, 0.2) is 60.7 Å². The normalized spacial score (nSPS) is 20.6. The van der Waals surface area contributed by atoms with E-state index in [1.807, 2.05) is 67.6 Å². The Morgan fingerprint density at radius 2 is 1.62 bits per heavy atom. The third-order valence-electron chi connectivity index (χ3n) is 3.49. The van der Waals surface area contributed by atoms with E-state index in [1.54, 1.807) is 0 Å². The molecule has 0 radical (unpaired) electrons. The molecular weight excluding hydrogens is 262 g/mol. The number of ether oxygens (including phenoxy) is 1. The molecule has 0 unspecified atom stereocenters. The number of carbonyl (C=O) groups excluding carboxylic acids is 1. The molecule has 1 amide bonds. The molecule has 1 aliphatic rings. The lowest BCUT2D eigenvalue weighted by molar-refractivity contribution is 0.132. The first-order valence-corrected chi connectivity index (χ1v) is 6.87. The molecule has 2 aromatic carbocycles. The summed E-state index contributed by atoms with van der Waals surface area (Å²) in [5.74, 6) is 2.99. The summed E-state index contributed by atoms with van der Waals surface area (Å²) in [6.07, 6.45) is -0.663. The lowest BCUT2D eigenvalue weighted by Gasteiger charge is -2.15. The molecule has 104 valence electrons. The first-order valence-electron chi connectivity index (χ1n) is 6.87. The molecule has 0 aliphatic carbocycles. The van der Waals surface area contributed by atoms with Crippen LogP contribution in [-0.4, -0.2) is 17.0 Å². The van der Waals surface area contributed by atoms with Gasteiger partial charge in [-0.3, -0.25) is 0 Å². The minimum absolute atomic E-state index is 0.115. The van der Waals surface area contributed by atoms with Gasteiger partial charge in [-0.1, -0.05) is 48.5 Å². The van der Waals surface area contributed by atoms with Gasteiger partial charge in [0.25, 0.3) is 0 Å². The number of hydrogen-bond acceptors (Lipinski definition) is 2. The third-order valence-corrected chi connectivity index (χ3v) is 3.49. The highest BCUT2D eigenvalue weighted by atomic mass is 16.6. The largest absolute Gasteiger partial charge is 0.438 e. The Hall–Kier alpha value is -2.73. The monoisotopic (exact) mass is 277 g/mol. The molecule has 2 aromatic rings. The lowest BCUT2D eigenvalue weighted by atomic mass is 10.0. The summed E-state index contributed by atoms with van der Waals surface area (Å²) in [5, 5.41) is 0. The molecule has 0 bridgehead atoms. The average molecular weight is 277 g/mol. The highest BCUT2D eigenvalue weighted by molar-refractivity contribution is 5.73. The molecule has 1 fully saturated rings. The van der Waals surface area contributed by atoms with Crippen molar-refractivity contribution < 1.29 is 9.53 Å². The van der Waals surface area contributed by atoms with E-state index in [1.165, 1.54) is 4.90 Å². The van der Waals surface area contributed by atoms with Crippen LogP contribution >= 0.6 is 0 Å². The Bertz CT molecular complexity index is 685. The van der Waals surface area contributed by atoms with Crippen molar-refractivity contribution in [3.05, 3.63) is 71.8 Å². The van der Waals surface area contributed by atoms with Crippen LogP contribution < -0.4 is 0 Å². The van der Waals surface area contributed by atoms with Crippen molar-refractivity contribution in [2.45, 2.75) is 19.1 Å². The molecule has 0 spiro atoms. The molecular formula is C18H15NO2. The third kappa shape index (κ3) is 2.75. The first kappa shape index (κ1) is 13.3. The van der Waals surface area contributed by atoms with E-state index in [0.29, 0.717) is 0 Å². The summed E-state index contributed by atoms with van der Waals surface area (Å²) < 4.78 is 5.45. The number of rotatable bonds is 1. The fourth-order valence-electron chi connectivity index (χ4n) is 2.35. The highest BCUT2D eigenvalue weighted by Crippen LogP contribution is 2.31. The summed E-state index contributed by atoms with van der Waals surface area (Å²) in [5.41, 5.74) is 1.86. The predicted molar refractivity (Wildman–Crippen MR) is 80.3 cm³/mol. The van der Waals surface area contributed by atoms with Gasteiger partial charge in [0.15, 0.2) is 6.10 Å². The molecule has 0 aromatic heterocycles. The zero-order valence-corrected chi connectivity index (χ0v) is 11.7. The highest BCUT2D eigenvalue weighted by Gasteiger charge is 2.39. The molecule has 1 aliphatic heterocycles. The van der Waals surface area contributed by atoms with E-state index >= 15 is 0 Å². The van der Waals surface area contributed by atoms with Gasteiger partial charge < -0.3 is 4.74 Å². The fourth-order valence-corrected chi connectivity index (χ4v) is 2.35. The van der Waals surface area contributed by atoms with Crippen molar-refractivity contribution in [1.82, 2.24) is 4.90 Å². The predicted octanol–water partition coefficient (Wildman–Crippen LogP) is 3.58. The number of nitrogens with zero attached hydrogens (tertiary/aromatic N) is 1.